The van der Waals surface area contributed by atoms with Crippen molar-refractivity contribution in [3.63, 3.8) is 0 Å². The van der Waals surface area contributed by atoms with Gasteiger partial charge in [-0.3, -0.25) is 9.59 Å². The highest BCUT2D eigenvalue weighted by Gasteiger charge is 2.34. The highest BCUT2D eigenvalue weighted by molar-refractivity contribution is 5.99. The van der Waals surface area contributed by atoms with E-state index in [-0.39, 0.29) is 28.6 Å². The lowest BCUT2D eigenvalue weighted by Crippen LogP contribution is -2.35. The third-order valence-corrected chi connectivity index (χ3v) is 7.21. The normalized spacial score (nSPS) is 19.2. The van der Waals surface area contributed by atoms with Gasteiger partial charge in [0, 0.05) is 38.4 Å². The second kappa shape index (κ2) is 8.65. The van der Waals surface area contributed by atoms with Gasteiger partial charge in [0.15, 0.2) is 5.82 Å². The van der Waals surface area contributed by atoms with Crippen molar-refractivity contribution in [2.75, 3.05) is 23.3 Å². The van der Waals surface area contributed by atoms with E-state index in [4.69, 9.17) is 5.73 Å². The van der Waals surface area contributed by atoms with Crippen LogP contribution in [0.3, 0.4) is 0 Å². The highest BCUT2D eigenvalue weighted by Crippen LogP contribution is 2.38. The molecule has 1 saturated heterocycles. The molecule has 8 nitrogen and oxygen atoms in total. The molecule has 3 aromatic rings. The van der Waals surface area contributed by atoms with Crippen LogP contribution in [0.4, 0.5) is 24.7 Å². The minimum atomic E-state index is -4.47. The number of fused-ring (bicyclic) bond motifs is 1. The Morgan fingerprint density at radius 1 is 1.17 bits per heavy atom. The van der Waals surface area contributed by atoms with Crippen LogP contribution in [0.1, 0.15) is 55.0 Å². The summed E-state index contributed by atoms with van der Waals surface area (Å²) in [5.41, 5.74) is 5.70. The predicted octanol–water partition coefficient (Wildman–Crippen LogP) is 3.47. The number of pyridine rings is 1. The number of hydrogen-bond acceptors (Lipinski definition) is 6. The monoisotopic (exact) mass is 502 g/mol. The summed E-state index contributed by atoms with van der Waals surface area (Å²) in [5, 5.41) is 8.36. The van der Waals surface area contributed by atoms with E-state index in [9.17, 15) is 22.8 Å². The van der Waals surface area contributed by atoms with Crippen LogP contribution in [0.25, 0.3) is 10.8 Å². The van der Waals surface area contributed by atoms with Gasteiger partial charge >= 0.3 is 6.18 Å². The van der Waals surface area contributed by atoms with Gasteiger partial charge in [-0.15, -0.1) is 0 Å². The molecule has 0 amide bonds. The Hall–Kier alpha value is -3.34. The van der Waals surface area contributed by atoms with Gasteiger partial charge in [-0.25, -0.2) is 4.68 Å². The Balaban J connectivity index is 1.67. The van der Waals surface area contributed by atoms with Gasteiger partial charge in [-0.2, -0.15) is 18.3 Å². The number of hydrogen-bond donors (Lipinski definition) is 2. The topological polar surface area (TPSA) is 98.2 Å². The van der Waals surface area contributed by atoms with Crippen LogP contribution in [0.2, 0.25) is 0 Å². The summed E-state index contributed by atoms with van der Waals surface area (Å²) in [6, 6.07) is 3.49. The largest absolute Gasteiger partial charge is 0.416 e. The fourth-order valence-corrected chi connectivity index (χ4v) is 5.15. The fourth-order valence-electron chi connectivity index (χ4n) is 5.15. The van der Waals surface area contributed by atoms with E-state index in [0.717, 1.165) is 23.6 Å². The molecule has 2 aliphatic rings. The molecular weight excluding hydrogens is 473 g/mol. The van der Waals surface area contributed by atoms with E-state index in [0.29, 0.717) is 42.0 Å². The maximum absolute atomic E-state index is 13.5. The number of benzene rings is 1. The highest BCUT2D eigenvalue weighted by atomic mass is 19.4. The Bertz CT molecular complexity index is 1460. The third kappa shape index (κ3) is 4.15. The van der Waals surface area contributed by atoms with E-state index >= 15 is 0 Å². The molecule has 192 valence electrons. The summed E-state index contributed by atoms with van der Waals surface area (Å²) in [5.74, 6) is 0.329. The second-order valence-electron chi connectivity index (χ2n) is 9.87. The fraction of sp³-hybridized carbons (Fsp3) is 0.480. The number of nitrogens with zero attached hydrogens (tertiary/aromatic N) is 4. The van der Waals surface area contributed by atoms with Gasteiger partial charge in [0.25, 0.3) is 11.1 Å². The van der Waals surface area contributed by atoms with Crippen LogP contribution in [0, 0.1) is 6.92 Å². The molecule has 1 aliphatic heterocycles. The summed E-state index contributed by atoms with van der Waals surface area (Å²) < 4.78 is 43.3. The summed E-state index contributed by atoms with van der Waals surface area (Å²) in [6.07, 6.45) is -0.359. The van der Waals surface area contributed by atoms with Crippen LogP contribution in [-0.4, -0.2) is 33.5 Å². The van der Waals surface area contributed by atoms with Gasteiger partial charge in [-0.05, 0) is 50.3 Å². The van der Waals surface area contributed by atoms with Crippen molar-refractivity contribution in [1.82, 2.24) is 14.3 Å². The standard InChI is InChI=1S/C25H29F3N6O2/c1-13-17(5-4-6-19(13)25(26,27)28)14(2)30-22-18-12-34(16-7-8-16)24(36)21(33-10-9-15(29)11-33)20(18)23(35)32(3)31-22/h4-6,12,14-16H,7-11,29H2,1-3H3,(H,30,31)/t14-,15?/m1/s1. The number of anilines is 2. The van der Waals surface area contributed by atoms with Crippen molar-refractivity contribution in [2.24, 2.45) is 12.8 Å². The lowest BCUT2D eigenvalue weighted by molar-refractivity contribution is -0.138. The molecule has 2 atom stereocenters. The summed E-state index contributed by atoms with van der Waals surface area (Å²) in [6.45, 7) is 4.22. The lowest BCUT2D eigenvalue weighted by atomic mass is 9.97. The molecule has 1 aliphatic carbocycles. The van der Waals surface area contributed by atoms with Crippen LogP contribution in [-0.2, 0) is 13.2 Å². The first kappa shape index (κ1) is 24.4. The van der Waals surface area contributed by atoms with Crippen molar-refractivity contribution in [3.8, 4) is 0 Å². The Kier molecular flexibility index (Phi) is 5.85. The quantitative estimate of drug-likeness (QED) is 0.555. The van der Waals surface area contributed by atoms with E-state index in [1.807, 2.05) is 4.90 Å². The molecule has 1 saturated carbocycles. The molecule has 0 spiro atoms. The molecule has 2 fully saturated rings. The molecule has 1 aromatic carbocycles. The molecule has 5 rings (SSSR count). The Labute approximate surface area is 205 Å². The van der Waals surface area contributed by atoms with Crippen molar-refractivity contribution < 1.29 is 13.2 Å². The SMILES string of the molecule is Cc1c([C@@H](C)Nc2nn(C)c(=O)c3c(N4CCC(N)C4)c(=O)n(C4CC4)cc23)cccc1C(F)(F)F. The first-order valence-corrected chi connectivity index (χ1v) is 12.1. The number of aryl methyl sites for hydroxylation is 1. The number of halogens is 3. The second-order valence-corrected chi connectivity index (χ2v) is 9.87. The van der Waals surface area contributed by atoms with Gasteiger partial charge in [0.05, 0.1) is 22.4 Å². The molecule has 0 radical (unpaired) electrons. The van der Waals surface area contributed by atoms with Crippen LogP contribution >= 0.6 is 0 Å². The zero-order valence-corrected chi connectivity index (χ0v) is 20.4. The lowest BCUT2D eigenvalue weighted by Gasteiger charge is -2.24. The number of nitrogens with two attached hydrogens (primary N) is 1. The first-order chi connectivity index (χ1) is 17.0. The Morgan fingerprint density at radius 3 is 2.50 bits per heavy atom. The molecular formula is C25H29F3N6O2. The number of alkyl halides is 3. The van der Waals surface area contributed by atoms with E-state index < -0.39 is 23.3 Å². The van der Waals surface area contributed by atoms with Crippen molar-refractivity contribution >= 4 is 22.3 Å². The molecule has 3 N–H and O–H groups in total. The Morgan fingerprint density at radius 2 is 1.89 bits per heavy atom. The van der Waals surface area contributed by atoms with E-state index in [1.165, 1.54) is 20.0 Å². The molecule has 0 bridgehead atoms. The molecule has 2 aromatic heterocycles. The molecule has 1 unspecified atom stereocenters. The number of rotatable bonds is 5. The average Bonchev–Trinajstić information content (AvgIpc) is 3.56. The van der Waals surface area contributed by atoms with Crippen LogP contribution in [0.15, 0.2) is 34.0 Å². The predicted molar refractivity (Wildman–Crippen MR) is 133 cm³/mol. The number of nitrogens with one attached hydrogen (secondary N) is 1. The average molecular weight is 503 g/mol. The van der Waals surface area contributed by atoms with E-state index in [1.54, 1.807) is 23.8 Å². The smallest absolute Gasteiger partial charge is 0.365 e. The van der Waals surface area contributed by atoms with Crippen LogP contribution in [0.5, 0.6) is 0 Å². The zero-order chi connectivity index (χ0) is 25.9. The van der Waals surface area contributed by atoms with Gasteiger partial charge in [0.2, 0.25) is 0 Å². The van der Waals surface area contributed by atoms with Gasteiger partial charge in [0.1, 0.15) is 5.69 Å². The zero-order valence-electron chi connectivity index (χ0n) is 20.4. The molecule has 3 heterocycles. The minimum absolute atomic E-state index is 0.0527. The van der Waals surface area contributed by atoms with Crippen molar-refractivity contribution in [2.45, 2.75) is 57.4 Å². The minimum Gasteiger partial charge on any atom is -0.365 e. The summed E-state index contributed by atoms with van der Waals surface area (Å²) in [4.78, 5) is 28.7. The summed E-state index contributed by atoms with van der Waals surface area (Å²) in [7, 11) is 1.50. The van der Waals surface area contributed by atoms with Gasteiger partial charge in [-0.1, -0.05) is 12.1 Å². The maximum atomic E-state index is 13.5. The van der Waals surface area contributed by atoms with E-state index in [2.05, 4.69) is 10.4 Å². The van der Waals surface area contributed by atoms with Gasteiger partial charge < -0.3 is 20.5 Å². The summed E-state index contributed by atoms with van der Waals surface area (Å²) >= 11 is 0. The first-order valence-electron chi connectivity index (χ1n) is 12.1. The van der Waals surface area contributed by atoms with Crippen LogP contribution < -0.4 is 27.1 Å². The third-order valence-electron chi connectivity index (χ3n) is 7.21. The van der Waals surface area contributed by atoms with Crippen molar-refractivity contribution in [3.05, 3.63) is 61.8 Å². The molecule has 11 heteroatoms. The van der Waals surface area contributed by atoms with Crippen molar-refractivity contribution in [1.29, 1.82) is 0 Å². The maximum Gasteiger partial charge on any atom is 0.416 e. The number of aromatic nitrogens is 3. The molecule has 36 heavy (non-hydrogen) atoms.